The molecule has 0 aromatic heterocycles. The van der Waals surface area contributed by atoms with E-state index in [1.54, 1.807) is 0 Å². The molecule has 112 valence electrons. The minimum absolute atomic E-state index is 0.395. The van der Waals surface area contributed by atoms with Crippen LogP contribution >= 0.6 is 0 Å². The van der Waals surface area contributed by atoms with Crippen molar-refractivity contribution < 1.29 is 4.74 Å². The maximum absolute atomic E-state index is 5.81. The quantitative estimate of drug-likeness (QED) is 0.829. The Kier molecular flexibility index (Phi) is 6.11. The number of rotatable bonds is 5. The summed E-state index contributed by atoms with van der Waals surface area (Å²) in [4.78, 5) is 2.67. The number of hydrogen-bond acceptors (Lipinski definition) is 3. The van der Waals surface area contributed by atoms with Gasteiger partial charge in [0, 0.05) is 25.2 Å². The maximum Gasteiger partial charge on any atom is 0.0674 e. The lowest BCUT2D eigenvalue weighted by atomic mass is 9.83. The van der Waals surface area contributed by atoms with Gasteiger partial charge in [-0.1, -0.05) is 26.2 Å². The first-order valence-corrected chi connectivity index (χ1v) is 8.27. The van der Waals surface area contributed by atoms with Crippen molar-refractivity contribution >= 4 is 0 Å². The smallest absolute Gasteiger partial charge is 0.0674 e. The third-order valence-corrected chi connectivity index (χ3v) is 5.07. The van der Waals surface area contributed by atoms with Crippen LogP contribution < -0.4 is 5.32 Å². The lowest BCUT2D eigenvalue weighted by Gasteiger charge is -2.42. The summed E-state index contributed by atoms with van der Waals surface area (Å²) in [5.41, 5.74) is 0. The molecular formula is C16H32N2O. The molecule has 0 amide bonds. The average Bonchev–Trinajstić information content (AvgIpc) is 2.46. The molecule has 19 heavy (non-hydrogen) atoms. The number of nitrogens with one attached hydrogen (secondary N) is 1. The highest BCUT2D eigenvalue weighted by molar-refractivity contribution is 4.86. The fourth-order valence-corrected chi connectivity index (χ4v) is 3.78. The molecule has 1 N–H and O–H groups in total. The van der Waals surface area contributed by atoms with Gasteiger partial charge >= 0.3 is 0 Å². The van der Waals surface area contributed by atoms with E-state index >= 15 is 0 Å². The molecule has 1 heterocycles. The Morgan fingerprint density at radius 1 is 1.26 bits per heavy atom. The molecule has 1 aliphatic carbocycles. The highest BCUT2D eigenvalue weighted by atomic mass is 16.5. The molecule has 0 aromatic carbocycles. The zero-order chi connectivity index (χ0) is 13.7. The summed E-state index contributed by atoms with van der Waals surface area (Å²) in [7, 11) is 2.14. The zero-order valence-electron chi connectivity index (χ0n) is 13.0. The summed E-state index contributed by atoms with van der Waals surface area (Å²) in [6.45, 7) is 7.70. The summed E-state index contributed by atoms with van der Waals surface area (Å²) < 4.78 is 5.81. The molecule has 0 aromatic rings. The molecule has 1 saturated heterocycles. The number of likely N-dealkylation sites (N-methyl/N-ethyl adjacent to an activating group) is 1. The van der Waals surface area contributed by atoms with Crippen LogP contribution in [0.25, 0.3) is 0 Å². The van der Waals surface area contributed by atoms with Gasteiger partial charge in [-0.05, 0) is 39.2 Å². The minimum atomic E-state index is 0.395. The SMILES string of the molecule is CCC1COC(C)CN1CC(NC)C1CCCCC1. The number of nitrogens with zero attached hydrogens (tertiary/aromatic N) is 1. The summed E-state index contributed by atoms with van der Waals surface area (Å²) in [5, 5.41) is 3.60. The molecule has 2 aliphatic rings. The van der Waals surface area contributed by atoms with Crippen LogP contribution in [0.2, 0.25) is 0 Å². The molecule has 3 nitrogen and oxygen atoms in total. The second kappa shape index (κ2) is 7.61. The Morgan fingerprint density at radius 3 is 2.63 bits per heavy atom. The van der Waals surface area contributed by atoms with Gasteiger partial charge < -0.3 is 10.1 Å². The summed E-state index contributed by atoms with van der Waals surface area (Å²) >= 11 is 0. The van der Waals surface area contributed by atoms with E-state index in [1.165, 1.54) is 45.1 Å². The van der Waals surface area contributed by atoms with Gasteiger partial charge in [0.25, 0.3) is 0 Å². The third kappa shape index (κ3) is 4.17. The predicted octanol–water partition coefficient (Wildman–Crippen LogP) is 2.65. The second-order valence-corrected chi connectivity index (χ2v) is 6.45. The van der Waals surface area contributed by atoms with Crippen molar-refractivity contribution in [1.82, 2.24) is 10.2 Å². The van der Waals surface area contributed by atoms with Gasteiger partial charge in [0.05, 0.1) is 12.7 Å². The van der Waals surface area contributed by atoms with Crippen molar-refractivity contribution in [2.45, 2.75) is 70.6 Å². The molecular weight excluding hydrogens is 236 g/mol. The summed E-state index contributed by atoms with van der Waals surface area (Å²) in [6.07, 6.45) is 8.74. The highest BCUT2D eigenvalue weighted by Gasteiger charge is 2.30. The third-order valence-electron chi connectivity index (χ3n) is 5.07. The van der Waals surface area contributed by atoms with Gasteiger partial charge in [0.15, 0.2) is 0 Å². The van der Waals surface area contributed by atoms with Gasteiger partial charge in [-0.2, -0.15) is 0 Å². The Balaban J connectivity index is 1.91. The Hall–Kier alpha value is -0.120. The standard InChI is InChI=1S/C16H32N2O/c1-4-15-12-19-13(2)10-18(15)11-16(17-3)14-8-6-5-7-9-14/h13-17H,4-12H2,1-3H3. The van der Waals surface area contributed by atoms with Gasteiger partial charge in [0.2, 0.25) is 0 Å². The van der Waals surface area contributed by atoms with E-state index < -0.39 is 0 Å². The van der Waals surface area contributed by atoms with Crippen molar-refractivity contribution in [2.24, 2.45) is 5.92 Å². The molecule has 3 atom stereocenters. The van der Waals surface area contributed by atoms with Crippen molar-refractivity contribution in [3.05, 3.63) is 0 Å². The van der Waals surface area contributed by atoms with E-state index in [0.717, 1.165) is 19.1 Å². The summed E-state index contributed by atoms with van der Waals surface area (Å²) in [5.74, 6) is 0.884. The van der Waals surface area contributed by atoms with Crippen LogP contribution in [0.3, 0.4) is 0 Å². The van der Waals surface area contributed by atoms with E-state index in [9.17, 15) is 0 Å². The van der Waals surface area contributed by atoms with Crippen molar-refractivity contribution in [3.63, 3.8) is 0 Å². The predicted molar refractivity (Wildman–Crippen MR) is 80.5 cm³/mol. The number of ether oxygens (including phenoxy) is 1. The van der Waals surface area contributed by atoms with E-state index in [2.05, 4.69) is 31.1 Å². The molecule has 0 radical (unpaired) electrons. The molecule has 3 unspecified atom stereocenters. The maximum atomic E-state index is 5.81. The topological polar surface area (TPSA) is 24.5 Å². The largest absolute Gasteiger partial charge is 0.376 e. The van der Waals surface area contributed by atoms with Crippen LogP contribution in [0.1, 0.15) is 52.4 Å². The van der Waals surface area contributed by atoms with Gasteiger partial charge in [0.1, 0.15) is 0 Å². The van der Waals surface area contributed by atoms with Crippen LogP contribution in [0.15, 0.2) is 0 Å². The molecule has 2 rings (SSSR count). The van der Waals surface area contributed by atoms with Crippen molar-refractivity contribution in [3.8, 4) is 0 Å². The fraction of sp³-hybridized carbons (Fsp3) is 1.00. The highest BCUT2D eigenvalue weighted by Crippen LogP contribution is 2.27. The molecule has 1 aliphatic heterocycles. The molecule has 0 spiro atoms. The Morgan fingerprint density at radius 2 is 2.00 bits per heavy atom. The van der Waals surface area contributed by atoms with Gasteiger partial charge in [-0.15, -0.1) is 0 Å². The summed E-state index contributed by atoms with van der Waals surface area (Å²) in [6, 6.07) is 1.29. The van der Waals surface area contributed by atoms with E-state index in [4.69, 9.17) is 4.74 Å². The first-order chi connectivity index (χ1) is 9.24. The molecule has 0 bridgehead atoms. The number of hydrogen-bond donors (Lipinski definition) is 1. The van der Waals surface area contributed by atoms with Gasteiger partial charge in [-0.25, -0.2) is 0 Å². The number of morpholine rings is 1. The van der Waals surface area contributed by atoms with Crippen LogP contribution in [0.5, 0.6) is 0 Å². The minimum Gasteiger partial charge on any atom is -0.376 e. The fourth-order valence-electron chi connectivity index (χ4n) is 3.78. The van der Waals surface area contributed by atoms with Crippen LogP contribution in [-0.4, -0.2) is 49.8 Å². The first kappa shape index (κ1) is 15.3. The van der Waals surface area contributed by atoms with E-state index in [-0.39, 0.29) is 0 Å². The second-order valence-electron chi connectivity index (χ2n) is 6.45. The van der Waals surface area contributed by atoms with E-state index in [1.807, 2.05) is 0 Å². The van der Waals surface area contributed by atoms with Crippen molar-refractivity contribution in [2.75, 3.05) is 26.7 Å². The average molecular weight is 268 g/mol. The van der Waals surface area contributed by atoms with Gasteiger partial charge in [-0.3, -0.25) is 4.90 Å². The lowest BCUT2D eigenvalue weighted by molar-refractivity contribution is -0.0606. The van der Waals surface area contributed by atoms with Crippen LogP contribution in [0, 0.1) is 5.92 Å². The zero-order valence-corrected chi connectivity index (χ0v) is 13.0. The molecule has 3 heteroatoms. The first-order valence-electron chi connectivity index (χ1n) is 8.27. The Labute approximate surface area is 119 Å². The van der Waals surface area contributed by atoms with Crippen molar-refractivity contribution in [1.29, 1.82) is 0 Å². The van der Waals surface area contributed by atoms with Crippen LogP contribution in [-0.2, 0) is 4.74 Å². The molecule has 1 saturated carbocycles. The lowest BCUT2D eigenvalue weighted by Crippen LogP contribution is -2.54. The normalized spacial score (nSPS) is 32.4. The molecule has 2 fully saturated rings. The van der Waals surface area contributed by atoms with Crippen LogP contribution in [0.4, 0.5) is 0 Å². The monoisotopic (exact) mass is 268 g/mol. The Bertz CT molecular complexity index is 253. The van der Waals surface area contributed by atoms with E-state index in [0.29, 0.717) is 18.2 Å².